The Labute approximate surface area is 88.4 Å². The molecule has 0 fully saturated rings. The molecule has 1 aromatic rings. The van der Waals surface area contributed by atoms with Crippen molar-refractivity contribution in [1.82, 2.24) is 4.98 Å². The first-order chi connectivity index (χ1) is 6.92. The number of aromatic nitrogens is 1. The summed E-state index contributed by atoms with van der Waals surface area (Å²) in [5.41, 5.74) is 6.35. The molecule has 0 spiro atoms. The monoisotopic (exact) mass is 206 g/mol. The lowest BCUT2D eigenvalue weighted by molar-refractivity contribution is -0.0189. The van der Waals surface area contributed by atoms with Crippen LogP contribution in [0, 0.1) is 0 Å². The Morgan fingerprint density at radius 3 is 2.80 bits per heavy atom. The van der Waals surface area contributed by atoms with Gasteiger partial charge in [-0.3, -0.25) is 0 Å². The maximum Gasteiger partial charge on any atom is 0.340 e. The zero-order chi connectivity index (χ0) is 11.2. The van der Waals surface area contributed by atoms with Crippen molar-refractivity contribution < 1.29 is 9.53 Å². The average molecular weight is 206 g/mol. The first kappa shape index (κ1) is 9.96. The zero-order valence-corrected chi connectivity index (χ0v) is 9.07. The van der Waals surface area contributed by atoms with E-state index in [1.165, 1.54) is 0 Å². The van der Waals surface area contributed by atoms with Crippen molar-refractivity contribution >= 4 is 11.8 Å². The summed E-state index contributed by atoms with van der Waals surface area (Å²) in [7, 11) is 0. The largest absolute Gasteiger partial charge is 0.455 e. The van der Waals surface area contributed by atoms with E-state index < -0.39 is 5.60 Å². The van der Waals surface area contributed by atoms with Gasteiger partial charge in [0, 0.05) is 5.92 Å². The minimum Gasteiger partial charge on any atom is -0.455 e. The lowest BCUT2D eigenvalue weighted by Gasteiger charge is -2.36. The number of carbonyl (C=O) groups excluding carboxylic acids is 1. The molecule has 1 aromatic heterocycles. The van der Waals surface area contributed by atoms with Crippen LogP contribution >= 0.6 is 0 Å². The van der Waals surface area contributed by atoms with Gasteiger partial charge in [0.2, 0.25) is 0 Å². The molecule has 1 unspecified atom stereocenters. The van der Waals surface area contributed by atoms with Gasteiger partial charge in [-0.15, -0.1) is 0 Å². The molecule has 0 bridgehead atoms. The number of carbonyl (C=O) groups is 1. The van der Waals surface area contributed by atoms with Gasteiger partial charge in [0.05, 0.1) is 11.3 Å². The number of ether oxygens (including phenoxy) is 1. The van der Waals surface area contributed by atoms with E-state index >= 15 is 0 Å². The summed E-state index contributed by atoms with van der Waals surface area (Å²) in [4.78, 5) is 15.9. The molecule has 0 amide bonds. The molecule has 2 rings (SSSR count). The maximum atomic E-state index is 11.7. The summed E-state index contributed by atoms with van der Waals surface area (Å²) in [5.74, 6) is 0.167. The number of nitrogens with zero attached hydrogens (tertiary/aromatic N) is 1. The number of pyridine rings is 1. The Morgan fingerprint density at radius 2 is 2.13 bits per heavy atom. The molecule has 4 nitrogen and oxygen atoms in total. The molecular weight excluding hydrogens is 192 g/mol. The smallest absolute Gasteiger partial charge is 0.340 e. The number of anilines is 1. The molecule has 0 aliphatic carbocycles. The van der Waals surface area contributed by atoms with Crippen molar-refractivity contribution in [3.63, 3.8) is 0 Å². The molecule has 0 saturated carbocycles. The number of hydrogen-bond donors (Lipinski definition) is 1. The molecule has 15 heavy (non-hydrogen) atoms. The van der Waals surface area contributed by atoms with Gasteiger partial charge < -0.3 is 10.5 Å². The summed E-state index contributed by atoms with van der Waals surface area (Å²) < 4.78 is 5.33. The Balaban J connectivity index is 2.60. The summed E-state index contributed by atoms with van der Waals surface area (Å²) in [6, 6.07) is 3.29. The van der Waals surface area contributed by atoms with Gasteiger partial charge in [-0.25, -0.2) is 9.78 Å². The highest BCUT2D eigenvalue weighted by atomic mass is 16.6. The Bertz CT molecular complexity index is 427. The van der Waals surface area contributed by atoms with Crippen LogP contribution in [0.2, 0.25) is 0 Å². The second kappa shape index (κ2) is 2.95. The third kappa shape index (κ3) is 1.46. The van der Waals surface area contributed by atoms with Crippen LogP contribution in [0.4, 0.5) is 5.82 Å². The van der Waals surface area contributed by atoms with Gasteiger partial charge in [0.15, 0.2) is 0 Å². The normalized spacial score (nSPS) is 23.1. The Morgan fingerprint density at radius 1 is 1.47 bits per heavy atom. The SMILES string of the molecule is CC1c2nc(N)ccc2C(=O)OC1(C)C. The molecule has 1 aliphatic rings. The fourth-order valence-corrected chi connectivity index (χ4v) is 1.70. The standard InChI is InChI=1S/C11H14N2O2/c1-6-9-7(4-5-8(12)13-9)10(14)15-11(6,2)3/h4-6H,1-3H3,(H2,12,13). The summed E-state index contributed by atoms with van der Waals surface area (Å²) in [5, 5.41) is 0. The van der Waals surface area contributed by atoms with Gasteiger partial charge in [-0.1, -0.05) is 6.92 Å². The van der Waals surface area contributed by atoms with Crippen molar-refractivity contribution in [3.05, 3.63) is 23.4 Å². The van der Waals surface area contributed by atoms with E-state index in [1.54, 1.807) is 12.1 Å². The van der Waals surface area contributed by atoms with Crippen LogP contribution < -0.4 is 5.73 Å². The number of esters is 1. The lowest BCUT2D eigenvalue weighted by atomic mass is 9.84. The van der Waals surface area contributed by atoms with Gasteiger partial charge in [0.25, 0.3) is 0 Å². The molecule has 2 N–H and O–H groups in total. The van der Waals surface area contributed by atoms with Crippen molar-refractivity contribution in [2.45, 2.75) is 32.3 Å². The predicted molar refractivity (Wildman–Crippen MR) is 56.6 cm³/mol. The molecule has 80 valence electrons. The van der Waals surface area contributed by atoms with Gasteiger partial charge in [0.1, 0.15) is 11.4 Å². The topological polar surface area (TPSA) is 65.2 Å². The second-order valence-corrected chi connectivity index (χ2v) is 4.38. The molecule has 1 atom stereocenters. The number of nitrogens with two attached hydrogens (primary N) is 1. The van der Waals surface area contributed by atoms with Gasteiger partial charge in [-0.05, 0) is 26.0 Å². The van der Waals surface area contributed by atoms with Crippen LogP contribution in [-0.4, -0.2) is 16.6 Å². The first-order valence-electron chi connectivity index (χ1n) is 4.91. The lowest BCUT2D eigenvalue weighted by Crippen LogP contribution is -2.39. The van der Waals surface area contributed by atoms with E-state index in [0.717, 1.165) is 5.69 Å². The van der Waals surface area contributed by atoms with Crippen LogP contribution in [0.5, 0.6) is 0 Å². The Kier molecular flexibility index (Phi) is 1.96. The molecule has 4 heteroatoms. The number of rotatable bonds is 0. The number of hydrogen-bond acceptors (Lipinski definition) is 4. The van der Waals surface area contributed by atoms with Gasteiger partial charge >= 0.3 is 5.97 Å². The van der Waals surface area contributed by atoms with E-state index in [-0.39, 0.29) is 11.9 Å². The third-order valence-electron chi connectivity index (χ3n) is 2.97. The number of cyclic esters (lactones) is 1. The molecular formula is C11H14N2O2. The van der Waals surface area contributed by atoms with E-state index in [4.69, 9.17) is 10.5 Å². The highest BCUT2D eigenvalue weighted by molar-refractivity contribution is 5.92. The van der Waals surface area contributed by atoms with Crippen molar-refractivity contribution in [3.8, 4) is 0 Å². The molecule has 1 aliphatic heterocycles. The van der Waals surface area contributed by atoms with Crippen LogP contribution in [0.15, 0.2) is 12.1 Å². The number of nitrogen functional groups attached to an aromatic ring is 1. The summed E-state index contributed by atoms with van der Waals surface area (Å²) in [6.45, 7) is 5.74. The van der Waals surface area contributed by atoms with Crippen LogP contribution in [0.3, 0.4) is 0 Å². The van der Waals surface area contributed by atoms with Gasteiger partial charge in [-0.2, -0.15) is 0 Å². The fraction of sp³-hybridized carbons (Fsp3) is 0.455. The molecule has 0 saturated heterocycles. The van der Waals surface area contributed by atoms with Crippen LogP contribution in [0.1, 0.15) is 42.7 Å². The fourth-order valence-electron chi connectivity index (χ4n) is 1.70. The second-order valence-electron chi connectivity index (χ2n) is 4.38. The summed E-state index contributed by atoms with van der Waals surface area (Å²) in [6.07, 6.45) is 0. The van der Waals surface area contributed by atoms with Crippen molar-refractivity contribution in [2.24, 2.45) is 0 Å². The van der Waals surface area contributed by atoms with E-state index in [1.807, 2.05) is 20.8 Å². The maximum absolute atomic E-state index is 11.7. The molecule has 2 heterocycles. The summed E-state index contributed by atoms with van der Waals surface area (Å²) >= 11 is 0. The van der Waals surface area contributed by atoms with E-state index in [0.29, 0.717) is 11.4 Å². The van der Waals surface area contributed by atoms with Crippen LogP contribution in [-0.2, 0) is 4.74 Å². The van der Waals surface area contributed by atoms with Crippen LogP contribution in [0.25, 0.3) is 0 Å². The quantitative estimate of drug-likeness (QED) is 0.656. The minimum absolute atomic E-state index is 0.0497. The Hall–Kier alpha value is -1.58. The highest BCUT2D eigenvalue weighted by Gasteiger charge is 2.39. The van der Waals surface area contributed by atoms with Crippen molar-refractivity contribution in [2.75, 3.05) is 5.73 Å². The predicted octanol–water partition coefficient (Wildman–Crippen LogP) is 1.72. The zero-order valence-electron chi connectivity index (χ0n) is 9.07. The van der Waals surface area contributed by atoms with E-state index in [2.05, 4.69) is 4.98 Å². The van der Waals surface area contributed by atoms with Crippen molar-refractivity contribution in [1.29, 1.82) is 0 Å². The van der Waals surface area contributed by atoms with E-state index in [9.17, 15) is 4.79 Å². The third-order valence-corrected chi connectivity index (χ3v) is 2.97. The average Bonchev–Trinajstić information content (AvgIpc) is 2.13. The number of fused-ring (bicyclic) bond motifs is 1. The molecule has 0 radical (unpaired) electrons. The molecule has 0 aromatic carbocycles. The highest BCUT2D eigenvalue weighted by Crippen LogP contribution is 2.37. The minimum atomic E-state index is -0.523. The first-order valence-corrected chi connectivity index (χ1v) is 4.91.